The number of benzene rings is 2. The maximum atomic E-state index is 11.3. The summed E-state index contributed by atoms with van der Waals surface area (Å²) in [6.45, 7) is 2.25. The number of carbonyl (C=O) groups excluding carboxylic acids is 1. The molecular formula is C19H17BrO2. The van der Waals surface area contributed by atoms with E-state index in [0.717, 1.165) is 21.2 Å². The Labute approximate surface area is 139 Å². The molecule has 0 aromatic heterocycles. The third-order valence-corrected chi connectivity index (χ3v) is 3.78. The minimum Gasteiger partial charge on any atom is -0.466 e. The molecular weight excluding hydrogens is 340 g/mol. The second kappa shape index (κ2) is 8.41. The number of aryl methyl sites for hydroxylation is 1. The number of rotatable bonds is 4. The lowest BCUT2D eigenvalue weighted by molar-refractivity contribution is -0.143. The first-order valence-corrected chi connectivity index (χ1v) is 7.99. The highest BCUT2D eigenvalue weighted by atomic mass is 79.9. The third kappa shape index (κ3) is 5.05. The van der Waals surface area contributed by atoms with Gasteiger partial charge in [0.05, 0.1) is 6.61 Å². The average molecular weight is 357 g/mol. The van der Waals surface area contributed by atoms with Gasteiger partial charge >= 0.3 is 5.97 Å². The fraction of sp³-hybridized carbons (Fsp3) is 0.211. The molecule has 0 bridgehead atoms. The largest absolute Gasteiger partial charge is 0.466 e. The molecule has 0 heterocycles. The molecule has 0 atom stereocenters. The molecule has 2 aromatic rings. The molecule has 2 rings (SSSR count). The van der Waals surface area contributed by atoms with Gasteiger partial charge in [-0.15, -0.1) is 0 Å². The molecule has 0 radical (unpaired) electrons. The number of hydrogen-bond donors (Lipinski definition) is 0. The molecule has 0 aliphatic rings. The molecule has 0 fully saturated rings. The average Bonchev–Trinajstić information content (AvgIpc) is 2.53. The van der Waals surface area contributed by atoms with Crippen LogP contribution < -0.4 is 0 Å². The van der Waals surface area contributed by atoms with E-state index < -0.39 is 0 Å². The van der Waals surface area contributed by atoms with E-state index in [1.165, 1.54) is 0 Å². The lowest BCUT2D eigenvalue weighted by Crippen LogP contribution is -2.05. The topological polar surface area (TPSA) is 26.3 Å². The van der Waals surface area contributed by atoms with Gasteiger partial charge in [-0.3, -0.25) is 4.79 Å². The highest BCUT2D eigenvalue weighted by Crippen LogP contribution is 2.14. The number of esters is 1. The van der Waals surface area contributed by atoms with Crippen LogP contribution in [0.2, 0.25) is 0 Å². The summed E-state index contributed by atoms with van der Waals surface area (Å²) in [5.74, 6) is 6.13. The number of halogens is 1. The van der Waals surface area contributed by atoms with Crippen LogP contribution in [0.25, 0.3) is 0 Å². The molecule has 2 nitrogen and oxygen atoms in total. The second-order valence-electron chi connectivity index (χ2n) is 4.73. The normalized spacial score (nSPS) is 9.73. The molecule has 0 aliphatic carbocycles. The van der Waals surface area contributed by atoms with Crippen molar-refractivity contribution in [3.63, 3.8) is 0 Å². The van der Waals surface area contributed by atoms with Crippen molar-refractivity contribution < 1.29 is 9.53 Å². The molecule has 112 valence electrons. The lowest BCUT2D eigenvalue weighted by atomic mass is 10.1. The lowest BCUT2D eigenvalue weighted by Gasteiger charge is -2.02. The highest BCUT2D eigenvalue weighted by Gasteiger charge is 2.02. The number of hydrogen-bond acceptors (Lipinski definition) is 2. The summed E-state index contributed by atoms with van der Waals surface area (Å²) >= 11 is 3.48. The summed E-state index contributed by atoms with van der Waals surface area (Å²) in [5.41, 5.74) is 3.03. The molecule has 0 saturated carbocycles. The Bertz CT molecular complexity index is 693. The number of ether oxygens (including phenoxy) is 1. The van der Waals surface area contributed by atoms with Crippen LogP contribution in [0.15, 0.2) is 53.0 Å². The van der Waals surface area contributed by atoms with Gasteiger partial charge in [-0.05, 0) is 59.1 Å². The van der Waals surface area contributed by atoms with Gasteiger partial charge in [0.2, 0.25) is 0 Å². The molecule has 0 amide bonds. The summed E-state index contributed by atoms with van der Waals surface area (Å²) < 4.78 is 5.91. The van der Waals surface area contributed by atoms with E-state index in [0.29, 0.717) is 19.4 Å². The van der Waals surface area contributed by atoms with Gasteiger partial charge in [-0.2, -0.15) is 0 Å². The first-order chi connectivity index (χ1) is 10.7. The summed E-state index contributed by atoms with van der Waals surface area (Å²) in [7, 11) is 0. The van der Waals surface area contributed by atoms with Crippen LogP contribution in [-0.2, 0) is 16.0 Å². The molecule has 3 heteroatoms. The van der Waals surface area contributed by atoms with Gasteiger partial charge in [0.25, 0.3) is 0 Å². The Kier molecular flexibility index (Phi) is 6.24. The number of carbonyl (C=O) groups is 1. The van der Waals surface area contributed by atoms with Crippen LogP contribution in [0, 0.1) is 11.8 Å². The first-order valence-electron chi connectivity index (χ1n) is 7.20. The third-order valence-electron chi connectivity index (χ3n) is 3.09. The minimum absolute atomic E-state index is 0.153. The van der Waals surface area contributed by atoms with Crippen LogP contribution in [-0.4, -0.2) is 12.6 Å². The quantitative estimate of drug-likeness (QED) is 0.601. The summed E-state index contributed by atoms with van der Waals surface area (Å²) in [4.78, 5) is 11.3. The summed E-state index contributed by atoms with van der Waals surface area (Å²) in [6, 6.07) is 15.8. The fourth-order valence-corrected chi connectivity index (χ4v) is 2.32. The van der Waals surface area contributed by atoms with E-state index in [2.05, 4.69) is 27.8 Å². The van der Waals surface area contributed by atoms with Crippen LogP contribution in [0.3, 0.4) is 0 Å². The predicted octanol–water partition coefficient (Wildman–Crippen LogP) is 4.34. The van der Waals surface area contributed by atoms with Crippen molar-refractivity contribution in [2.24, 2.45) is 0 Å². The molecule has 0 spiro atoms. The van der Waals surface area contributed by atoms with Gasteiger partial charge in [0, 0.05) is 22.0 Å². The van der Waals surface area contributed by atoms with Crippen LogP contribution in [0.1, 0.15) is 30.0 Å². The van der Waals surface area contributed by atoms with Crippen molar-refractivity contribution in [2.45, 2.75) is 19.8 Å². The molecule has 0 aliphatic heterocycles. The summed E-state index contributed by atoms with van der Waals surface area (Å²) in [5, 5.41) is 0. The van der Waals surface area contributed by atoms with Crippen molar-refractivity contribution in [3.8, 4) is 11.8 Å². The Morgan fingerprint density at radius 1 is 1.09 bits per heavy atom. The van der Waals surface area contributed by atoms with E-state index >= 15 is 0 Å². The van der Waals surface area contributed by atoms with Crippen LogP contribution in [0.5, 0.6) is 0 Å². The Morgan fingerprint density at radius 2 is 1.82 bits per heavy atom. The Hall–Kier alpha value is -2.05. The van der Waals surface area contributed by atoms with E-state index in [4.69, 9.17) is 4.74 Å². The standard InChI is InChI=1S/C19H17BrO2/c1-2-22-19(21)14-12-16-9-7-15(8-10-16)11-13-17-5-3-4-6-18(17)20/h3-10H,2,12,14H2,1H3. The Morgan fingerprint density at radius 3 is 2.50 bits per heavy atom. The van der Waals surface area contributed by atoms with E-state index in [1.54, 1.807) is 0 Å². The van der Waals surface area contributed by atoms with Gasteiger partial charge in [-0.1, -0.05) is 36.1 Å². The highest BCUT2D eigenvalue weighted by molar-refractivity contribution is 9.10. The van der Waals surface area contributed by atoms with Gasteiger partial charge < -0.3 is 4.74 Å². The smallest absolute Gasteiger partial charge is 0.306 e. The zero-order chi connectivity index (χ0) is 15.8. The van der Waals surface area contributed by atoms with Gasteiger partial charge in [0.15, 0.2) is 0 Å². The monoisotopic (exact) mass is 356 g/mol. The maximum absolute atomic E-state index is 11.3. The minimum atomic E-state index is -0.153. The van der Waals surface area contributed by atoms with E-state index in [-0.39, 0.29) is 5.97 Å². The first kappa shape index (κ1) is 16.3. The Balaban J connectivity index is 1.98. The van der Waals surface area contributed by atoms with Crippen molar-refractivity contribution in [2.75, 3.05) is 6.61 Å². The fourth-order valence-electron chi connectivity index (χ4n) is 1.94. The second-order valence-corrected chi connectivity index (χ2v) is 5.59. The van der Waals surface area contributed by atoms with E-state index in [1.807, 2.05) is 55.5 Å². The molecule has 0 saturated heterocycles. The van der Waals surface area contributed by atoms with Crippen molar-refractivity contribution >= 4 is 21.9 Å². The van der Waals surface area contributed by atoms with Crippen molar-refractivity contribution in [1.29, 1.82) is 0 Å². The summed E-state index contributed by atoms with van der Waals surface area (Å²) in [6.07, 6.45) is 1.10. The molecule has 2 aromatic carbocycles. The van der Waals surface area contributed by atoms with Crippen molar-refractivity contribution in [3.05, 3.63) is 69.7 Å². The molecule has 22 heavy (non-hydrogen) atoms. The van der Waals surface area contributed by atoms with Crippen molar-refractivity contribution in [1.82, 2.24) is 0 Å². The molecule has 0 unspecified atom stereocenters. The SMILES string of the molecule is CCOC(=O)CCc1ccc(C#Cc2ccccc2Br)cc1. The van der Waals surface area contributed by atoms with Crippen LogP contribution in [0.4, 0.5) is 0 Å². The van der Waals surface area contributed by atoms with Crippen LogP contribution >= 0.6 is 15.9 Å². The zero-order valence-corrected chi connectivity index (χ0v) is 14.0. The molecule has 0 N–H and O–H groups in total. The van der Waals surface area contributed by atoms with Gasteiger partial charge in [0.1, 0.15) is 0 Å². The predicted molar refractivity (Wildman–Crippen MR) is 91.5 cm³/mol. The maximum Gasteiger partial charge on any atom is 0.306 e. The van der Waals surface area contributed by atoms with E-state index in [9.17, 15) is 4.79 Å². The van der Waals surface area contributed by atoms with Gasteiger partial charge in [-0.25, -0.2) is 0 Å². The zero-order valence-electron chi connectivity index (χ0n) is 12.4.